The molecule has 78 valence electrons. The molecule has 1 aromatic rings. The number of hydrogen-bond donors (Lipinski definition) is 2. The maximum absolute atomic E-state index is 8.90. The van der Waals surface area contributed by atoms with Crippen LogP contribution in [0.2, 0.25) is 0 Å². The van der Waals surface area contributed by atoms with Crippen LogP contribution in [0, 0.1) is 0 Å². The second-order valence-corrected chi connectivity index (χ2v) is 3.31. The third-order valence-corrected chi connectivity index (χ3v) is 1.90. The van der Waals surface area contributed by atoms with Gasteiger partial charge in [0.25, 0.3) is 0 Å². The molecule has 0 amide bonds. The van der Waals surface area contributed by atoms with E-state index in [1.807, 2.05) is 18.7 Å². The van der Waals surface area contributed by atoms with Gasteiger partial charge in [0.05, 0.1) is 19.0 Å². The van der Waals surface area contributed by atoms with Crippen molar-refractivity contribution in [1.29, 1.82) is 0 Å². The first-order valence-electron chi connectivity index (χ1n) is 4.60. The fourth-order valence-corrected chi connectivity index (χ4v) is 1.25. The van der Waals surface area contributed by atoms with Crippen LogP contribution < -0.4 is 10.6 Å². The minimum absolute atomic E-state index is 0.0919. The average molecular weight is 196 g/mol. The first kappa shape index (κ1) is 10.7. The fourth-order valence-electron chi connectivity index (χ4n) is 1.25. The van der Waals surface area contributed by atoms with Gasteiger partial charge in [-0.1, -0.05) is 0 Å². The Morgan fingerprint density at radius 1 is 1.50 bits per heavy atom. The number of aliphatic hydroxyl groups excluding tert-OH is 1. The summed E-state index contributed by atoms with van der Waals surface area (Å²) in [6, 6.07) is 0.262. The lowest BCUT2D eigenvalue weighted by Gasteiger charge is -2.26. The summed E-state index contributed by atoms with van der Waals surface area (Å²) in [6.07, 6.45) is 3.15. The first-order chi connectivity index (χ1) is 6.65. The Balaban J connectivity index is 2.87. The van der Waals surface area contributed by atoms with Crippen LogP contribution >= 0.6 is 0 Å². The van der Waals surface area contributed by atoms with Crippen molar-refractivity contribution < 1.29 is 5.11 Å². The smallest absolute Gasteiger partial charge is 0.149 e. The van der Waals surface area contributed by atoms with Crippen LogP contribution in [0.15, 0.2) is 12.4 Å². The highest BCUT2D eigenvalue weighted by molar-refractivity contribution is 5.42. The molecule has 0 unspecified atom stereocenters. The Kier molecular flexibility index (Phi) is 3.64. The molecule has 1 heterocycles. The number of nitrogens with two attached hydrogens (primary N) is 1. The van der Waals surface area contributed by atoms with Crippen LogP contribution in [0.1, 0.15) is 13.8 Å². The number of aromatic nitrogens is 2. The molecule has 5 nitrogen and oxygen atoms in total. The SMILES string of the molecule is CC(C)N(CCO)c1cncc(N)n1. The van der Waals surface area contributed by atoms with Gasteiger partial charge in [-0.15, -0.1) is 0 Å². The van der Waals surface area contributed by atoms with Crippen LogP contribution in [-0.2, 0) is 0 Å². The molecule has 0 atom stereocenters. The zero-order valence-electron chi connectivity index (χ0n) is 8.51. The normalized spacial score (nSPS) is 10.6. The molecule has 1 rings (SSSR count). The van der Waals surface area contributed by atoms with Gasteiger partial charge in [-0.05, 0) is 13.8 Å². The molecule has 0 bridgehead atoms. The van der Waals surface area contributed by atoms with Gasteiger partial charge in [0.15, 0.2) is 0 Å². The zero-order valence-corrected chi connectivity index (χ0v) is 8.51. The Hall–Kier alpha value is -1.36. The van der Waals surface area contributed by atoms with Crippen molar-refractivity contribution >= 4 is 11.6 Å². The van der Waals surface area contributed by atoms with Crippen LogP contribution in [0.3, 0.4) is 0 Å². The molecular formula is C9H16N4O. The largest absolute Gasteiger partial charge is 0.395 e. The summed E-state index contributed by atoms with van der Waals surface area (Å²) in [5.74, 6) is 1.10. The Labute approximate surface area is 83.6 Å². The molecule has 0 saturated carbocycles. The molecular weight excluding hydrogens is 180 g/mol. The number of aliphatic hydroxyl groups is 1. The molecule has 0 aliphatic heterocycles. The molecule has 5 heteroatoms. The second kappa shape index (κ2) is 4.76. The van der Waals surface area contributed by atoms with E-state index in [1.54, 1.807) is 6.20 Å². The van der Waals surface area contributed by atoms with Crippen LogP contribution in [-0.4, -0.2) is 34.3 Å². The first-order valence-corrected chi connectivity index (χ1v) is 4.60. The highest BCUT2D eigenvalue weighted by Crippen LogP contribution is 2.13. The van der Waals surface area contributed by atoms with Crippen LogP contribution in [0.5, 0.6) is 0 Å². The summed E-state index contributed by atoms with van der Waals surface area (Å²) in [6.45, 7) is 4.69. The predicted octanol–water partition coefficient (Wildman–Crippen LogP) is 0.266. The maximum Gasteiger partial charge on any atom is 0.149 e. The Bertz CT molecular complexity index is 290. The summed E-state index contributed by atoms with van der Waals surface area (Å²) < 4.78 is 0. The summed E-state index contributed by atoms with van der Waals surface area (Å²) in [4.78, 5) is 10.1. The van der Waals surface area contributed by atoms with E-state index in [0.717, 1.165) is 0 Å². The van der Waals surface area contributed by atoms with Gasteiger partial charge < -0.3 is 15.7 Å². The van der Waals surface area contributed by atoms with Gasteiger partial charge in [-0.3, -0.25) is 4.98 Å². The fraction of sp³-hybridized carbons (Fsp3) is 0.556. The van der Waals surface area contributed by atoms with Crippen molar-refractivity contribution in [1.82, 2.24) is 9.97 Å². The molecule has 0 spiro atoms. The Morgan fingerprint density at radius 2 is 2.21 bits per heavy atom. The number of nitrogens with zero attached hydrogens (tertiary/aromatic N) is 3. The molecule has 0 saturated heterocycles. The molecule has 14 heavy (non-hydrogen) atoms. The van der Waals surface area contributed by atoms with E-state index in [1.165, 1.54) is 6.20 Å². The lowest BCUT2D eigenvalue weighted by atomic mass is 10.3. The molecule has 0 radical (unpaired) electrons. The van der Waals surface area contributed by atoms with Gasteiger partial charge in [0.2, 0.25) is 0 Å². The lowest BCUT2D eigenvalue weighted by molar-refractivity contribution is 0.298. The van der Waals surface area contributed by atoms with Gasteiger partial charge in [0.1, 0.15) is 11.6 Å². The van der Waals surface area contributed by atoms with Crippen molar-refractivity contribution in [2.24, 2.45) is 0 Å². The predicted molar refractivity (Wildman–Crippen MR) is 56.0 cm³/mol. The molecule has 0 aliphatic rings. The summed E-state index contributed by atoms with van der Waals surface area (Å²) in [5.41, 5.74) is 5.53. The quantitative estimate of drug-likeness (QED) is 0.722. The minimum atomic E-state index is 0.0919. The van der Waals surface area contributed by atoms with Gasteiger partial charge in [0, 0.05) is 12.6 Å². The minimum Gasteiger partial charge on any atom is -0.395 e. The van der Waals surface area contributed by atoms with E-state index in [4.69, 9.17) is 10.8 Å². The van der Waals surface area contributed by atoms with E-state index in [9.17, 15) is 0 Å². The summed E-state index contributed by atoms with van der Waals surface area (Å²) in [7, 11) is 0. The topological polar surface area (TPSA) is 75.3 Å². The van der Waals surface area contributed by atoms with E-state index < -0.39 is 0 Å². The molecule has 0 fully saturated rings. The number of nitrogen functional groups attached to an aromatic ring is 1. The van der Waals surface area contributed by atoms with Gasteiger partial charge >= 0.3 is 0 Å². The zero-order chi connectivity index (χ0) is 10.6. The van der Waals surface area contributed by atoms with Crippen LogP contribution in [0.4, 0.5) is 11.6 Å². The summed E-state index contributed by atoms with van der Waals surface area (Å²) in [5, 5.41) is 8.90. The van der Waals surface area contributed by atoms with E-state index in [2.05, 4.69) is 9.97 Å². The number of hydrogen-bond acceptors (Lipinski definition) is 5. The monoisotopic (exact) mass is 196 g/mol. The van der Waals surface area contributed by atoms with Crippen molar-refractivity contribution in [3.8, 4) is 0 Å². The third-order valence-electron chi connectivity index (χ3n) is 1.90. The van der Waals surface area contributed by atoms with E-state index >= 15 is 0 Å². The van der Waals surface area contributed by atoms with Gasteiger partial charge in [-0.2, -0.15) is 0 Å². The molecule has 0 aliphatic carbocycles. The molecule has 0 aromatic carbocycles. The van der Waals surface area contributed by atoms with Crippen molar-refractivity contribution in [3.05, 3.63) is 12.4 Å². The highest BCUT2D eigenvalue weighted by atomic mass is 16.3. The van der Waals surface area contributed by atoms with Crippen molar-refractivity contribution in [2.75, 3.05) is 23.8 Å². The third kappa shape index (κ3) is 2.56. The lowest BCUT2D eigenvalue weighted by Crippen LogP contribution is -2.34. The number of anilines is 2. The second-order valence-electron chi connectivity index (χ2n) is 3.31. The van der Waals surface area contributed by atoms with Crippen LogP contribution in [0.25, 0.3) is 0 Å². The van der Waals surface area contributed by atoms with E-state index in [-0.39, 0.29) is 12.6 Å². The van der Waals surface area contributed by atoms with Crippen molar-refractivity contribution in [3.63, 3.8) is 0 Å². The highest BCUT2D eigenvalue weighted by Gasteiger charge is 2.11. The van der Waals surface area contributed by atoms with Gasteiger partial charge in [-0.25, -0.2) is 4.98 Å². The summed E-state index contributed by atoms with van der Waals surface area (Å²) >= 11 is 0. The average Bonchev–Trinajstić information content (AvgIpc) is 2.13. The maximum atomic E-state index is 8.90. The standard InChI is InChI=1S/C9H16N4O/c1-7(2)13(3-4-14)9-6-11-5-8(10)12-9/h5-7,14H,3-4H2,1-2H3,(H2,10,12). The Morgan fingerprint density at radius 3 is 2.71 bits per heavy atom. The van der Waals surface area contributed by atoms with E-state index in [0.29, 0.717) is 18.2 Å². The molecule has 3 N–H and O–H groups in total. The number of rotatable bonds is 4. The molecule has 1 aromatic heterocycles. The van der Waals surface area contributed by atoms with Crippen molar-refractivity contribution in [2.45, 2.75) is 19.9 Å².